The molecule has 0 saturated heterocycles. The molecular formula is C16H28N2O. The zero-order valence-corrected chi connectivity index (χ0v) is 12.4. The first-order valence-corrected chi connectivity index (χ1v) is 7.92. The van der Waals surface area contributed by atoms with Crippen molar-refractivity contribution in [2.24, 2.45) is 11.8 Å². The van der Waals surface area contributed by atoms with E-state index >= 15 is 0 Å². The van der Waals surface area contributed by atoms with Crippen molar-refractivity contribution in [3.63, 3.8) is 0 Å². The molecule has 1 atom stereocenters. The van der Waals surface area contributed by atoms with Crippen LogP contribution in [-0.2, 0) is 13.0 Å². The van der Waals surface area contributed by atoms with Gasteiger partial charge in [0.2, 0.25) is 0 Å². The van der Waals surface area contributed by atoms with E-state index in [2.05, 4.69) is 23.4 Å². The van der Waals surface area contributed by atoms with E-state index in [1.165, 1.54) is 32.1 Å². The van der Waals surface area contributed by atoms with E-state index in [4.69, 9.17) is 0 Å². The Bertz CT molecular complexity index is 367. The molecule has 1 aromatic rings. The highest BCUT2D eigenvalue weighted by molar-refractivity contribution is 4.95. The fourth-order valence-corrected chi connectivity index (χ4v) is 3.31. The summed E-state index contributed by atoms with van der Waals surface area (Å²) in [4.78, 5) is 4.40. The minimum absolute atomic E-state index is 0.212. The Kier molecular flexibility index (Phi) is 5.44. The summed E-state index contributed by atoms with van der Waals surface area (Å²) < 4.78 is 2.18. The fraction of sp³-hybridized carbons (Fsp3) is 0.812. The molecule has 0 spiro atoms. The first-order chi connectivity index (χ1) is 9.24. The minimum Gasteiger partial charge on any atom is -0.392 e. The van der Waals surface area contributed by atoms with Gasteiger partial charge in [0.05, 0.1) is 6.10 Å². The second kappa shape index (κ2) is 7.09. The molecule has 3 heteroatoms. The summed E-state index contributed by atoms with van der Waals surface area (Å²) in [5, 5.41) is 10.4. The number of aliphatic hydroxyl groups is 1. The van der Waals surface area contributed by atoms with Crippen LogP contribution >= 0.6 is 0 Å². The van der Waals surface area contributed by atoms with E-state index in [1.807, 2.05) is 12.4 Å². The third-order valence-electron chi connectivity index (χ3n) is 4.67. The Morgan fingerprint density at radius 3 is 2.68 bits per heavy atom. The third kappa shape index (κ3) is 3.82. The van der Waals surface area contributed by atoms with Gasteiger partial charge in [-0.15, -0.1) is 0 Å². The summed E-state index contributed by atoms with van der Waals surface area (Å²) in [6, 6.07) is 0. The van der Waals surface area contributed by atoms with Gasteiger partial charge in [0, 0.05) is 25.4 Å². The molecule has 2 rings (SSSR count). The molecule has 1 fully saturated rings. The normalized spacial score (nSPS) is 25.4. The molecule has 1 aromatic heterocycles. The average Bonchev–Trinajstić information content (AvgIpc) is 2.86. The molecule has 1 unspecified atom stereocenters. The van der Waals surface area contributed by atoms with Gasteiger partial charge in [0.1, 0.15) is 5.82 Å². The van der Waals surface area contributed by atoms with Gasteiger partial charge >= 0.3 is 0 Å². The minimum atomic E-state index is -0.212. The summed E-state index contributed by atoms with van der Waals surface area (Å²) in [7, 11) is 0. The standard InChI is InChI=1S/C16H28N2O/c1-3-10-18-11-9-17-16(18)12-15(19)14-7-5-13(4-2)6-8-14/h9,11,13-15,19H,3-8,10,12H2,1-2H3. The maximum Gasteiger partial charge on any atom is 0.111 e. The average molecular weight is 264 g/mol. The largest absolute Gasteiger partial charge is 0.392 e. The lowest BCUT2D eigenvalue weighted by molar-refractivity contribution is 0.0712. The van der Waals surface area contributed by atoms with Crippen molar-refractivity contribution >= 4 is 0 Å². The van der Waals surface area contributed by atoms with Crippen molar-refractivity contribution in [2.45, 2.75) is 71.4 Å². The first-order valence-electron chi connectivity index (χ1n) is 7.92. The second-order valence-electron chi connectivity index (χ2n) is 6.00. The lowest BCUT2D eigenvalue weighted by atomic mass is 9.78. The van der Waals surface area contributed by atoms with Crippen LogP contribution in [0.3, 0.4) is 0 Å². The Hall–Kier alpha value is -0.830. The highest BCUT2D eigenvalue weighted by Gasteiger charge is 2.26. The van der Waals surface area contributed by atoms with Crippen LogP contribution in [0.25, 0.3) is 0 Å². The monoisotopic (exact) mass is 264 g/mol. The summed E-state index contributed by atoms with van der Waals surface area (Å²) in [5.41, 5.74) is 0. The number of rotatable bonds is 6. The van der Waals surface area contributed by atoms with Crippen LogP contribution in [0.1, 0.15) is 58.2 Å². The lowest BCUT2D eigenvalue weighted by Crippen LogP contribution is -2.28. The topological polar surface area (TPSA) is 38.0 Å². The number of aromatic nitrogens is 2. The Balaban J connectivity index is 1.87. The van der Waals surface area contributed by atoms with Gasteiger partial charge in [-0.05, 0) is 31.1 Å². The second-order valence-corrected chi connectivity index (χ2v) is 6.00. The van der Waals surface area contributed by atoms with Crippen LogP contribution in [0.4, 0.5) is 0 Å². The van der Waals surface area contributed by atoms with Gasteiger partial charge in [-0.2, -0.15) is 0 Å². The molecule has 1 saturated carbocycles. The van der Waals surface area contributed by atoms with Crippen molar-refractivity contribution in [3.05, 3.63) is 18.2 Å². The lowest BCUT2D eigenvalue weighted by Gasteiger charge is -2.31. The van der Waals surface area contributed by atoms with E-state index in [0.717, 1.165) is 24.7 Å². The summed E-state index contributed by atoms with van der Waals surface area (Å²) >= 11 is 0. The van der Waals surface area contributed by atoms with Crippen molar-refractivity contribution in [1.82, 2.24) is 9.55 Å². The van der Waals surface area contributed by atoms with Crippen molar-refractivity contribution in [1.29, 1.82) is 0 Å². The molecule has 3 nitrogen and oxygen atoms in total. The molecule has 1 aliphatic carbocycles. The van der Waals surface area contributed by atoms with Crippen LogP contribution in [0.5, 0.6) is 0 Å². The maximum absolute atomic E-state index is 10.4. The first kappa shape index (κ1) is 14.6. The molecule has 1 aliphatic rings. The predicted octanol–water partition coefficient (Wildman–Crippen LogP) is 3.41. The summed E-state index contributed by atoms with van der Waals surface area (Å²) in [5.74, 6) is 2.42. The Morgan fingerprint density at radius 2 is 2.05 bits per heavy atom. The number of nitrogens with zero attached hydrogens (tertiary/aromatic N) is 2. The summed E-state index contributed by atoms with van der Waals surface area (Å²) in [6.45, 7) is 5.46. The number of aryl methyl sites for hydroxylation is 1. The van der Waals surface area contributed by atoms with Crippen LogP contribution in [0, 0.1) is 11.8 Å². The van der Waals surface area contributed by atoms with E-state index in [0.29, 0.717) is 12.3 Å². The van der Waals surface area contributed by atoms with E-state index in [1.54, 1.807) is 0 Å². The molecule has 19 heavy (non-hydrogen) atoms. The number of hydrogen-bond donors (Lipinski definition) is 1. The Labute approximate surface area is 117 Å². The highest BCUT2D eigenvalue weighted by Crippen LogP contribution is 2.33. The molecule has 108 valence electrons. The summed E-state index contributed by atoms with van der Waals surface area (Å²) in [6.07, 6.45) is 11.8. The predicted molar refractivity (Wildman–Crippen MR) is 78.0 cm³/mol. The van der Waals surface area contributed by atoms with Gasteiger partial charge in [-0.25, -0.2) is 4.98 Å². The molecule has 0 aliphatic heterocycles. The van der Waals surface area contributed by atoms with E-state index in [-0.39, 0.29) is 6.10 Å². The molecule has 0 aromatic carbocycles. The smallest absolute Gasteiger partial charge is 0.111 e. The van der Waals surface area contributed by atoms with Crippen molar-refractivity contribution in [2.75, 3.05) is 0 Å². The SMILES string of the molecule is CCCn1ccnc1CC(O)C1CCC(CC)CC1. The zero-order valence-electron chi connectivity index (χ0n) is 12.4. The zero-order chi connectivity index (χ0) is 13.7. The molecule has 1 heterocycles. The fourth-order valence-electron chi connectivity index (χ4n) is 3.31. The molecular weight excluding hydrogens is 236 g/mol. The number of aliphatic hydroxyl groups excluding tert-OH is 1. The van der Waals surface area contributed by atoms with Gasteiger partial charge in [0.25, 0.3) is 0 Å². The molecule has 0 amide bonds. The van der Waals surface area contributed by atoms with E-state index < -0.39 is 0 Å². The van der Waals surface area contributed by atoms with Gasteiger partial charge in [-0.3, -0.25) is 0 Å². The van der Waals surface area contributed by atoms with Crippen LogP contribution < -0.4 is 0 Å². The number of hydrogen-bond acceptors (Lipinski definition) is 2. The third-order valence-corrected chi connectivity index (χ3v) is 4.67. The van der Waals surface area contributed by atoms with Crippen molar-refractivity contribution in [3.8, 4) is 0 Å². The quantitative estimate of drug-likeness (QED) is 0.855. The number of imidazole rings is 1. The van der Waals surface area contributed by atoms with Gasteiger partial charge in [-0.1, -0.05) is 33.1 Å². The van der Waals surface area contributed by atoms with Gasteiger partial charge < -0.3 is 9.67 Å². The molecule has 0 bridgehead atoms. The van der Waals surface area contributed by atoms with Crippen LogP contribution in [0.15, 0.2) is 12.4 Å². The van der Waals surface area contributed by atoms with Crippen molar-refractivity contribution < 1.29 is 5.11 Å². The maximum atomic E-state index is 10.4. The van der Waals surface area contributed by atoms with Gasteiger partial charge in [0.15, 0.2) is 0 Å². The Morgan fingerprint density at radius 1 is 1.32 bits per heavy atom. The molecule has 1 N–H and O–H groups in total. The molecule has 0 radical (unpaired) electrons. The highest BCUT2D eigenvalue weighted by atomic mass is 16.3. The van der Waals surface area contributed by atoms with E-state index in [9.17, 15) is 5.11 Å². The van der Waals surface area contributed by atoms with Crippen LogP contribution in [-0.4, -0.2) is 20.8 Å². The van der Waals surface area contributed by atoms with Crippen LogP contribution in [0.2, 0.25) is 0 Å².